The van der Waals surface area contributed by atoms with Crippen molar-refractivity contribution in [1.82, 2.24) is 9.97 Å². The number of hydrogen-bond acceptors (Lipinski definition) is 5. The summed E-state index contributed by atoms with van der Waals surface area (Å²) in [5.74, 6) is 2.09. The van der Waals surface area contributed by atoms with Crippen molar-refractivity contribution in [2.45, 2.75) is 13.5 Å². The van der Waals surface area contributed by atoms with Crippen LogP contribution in [0.15, 0.2) is 60.7 Å². The van der Waals surface area contributed by atoms with Crippen LogP contribution in [0.5, 0.6) is 5.75 Å². The first kappa shape index (κ1) is 15.8. The zero-order chi connectivity index (χ0) is 16.8. The van der Waals surface area contributed by atoms with Gasteiger partial charge in [0.2, 0.25) is 5.95 Å². The third-order valence-electron chi connectivity index (χ3n) is 3.52. The number of hydrogen-bond donors (Lipinski definition) is 2. The fourth-order valence-electron chi connectivity index (χ4n) is 2.37. The summed E-state index contributed by atoms with van der Waals surface area (Å²) in [6, 6.07) is 19.8. The first-order chi connectivity index (χ1) is 11.7. The third kappa shape index (κ3) is 4.01. The minimum atomic E-state index is 0.594. The number of rotatable bonds is 6. The maximum Gasteiger partial charge on any atom is 0.225 e. The van der Waals surface area contributed by atoms with Gasteiger partial charge >= 0.3 is 0 Å². The monoisotopic (exact) mass is 320 g/mol. The van der Waals surface area contributed by atoms with Gasteiger partial charge in [0, 0.05) is 18.3 Å². The quantitative estimate of drug-likeness (QED) is 0.714. The number of ether oxygens (including phenoxy) is 1. The van der Waals surface area contributed by atoms with Crippen molar-refractivity contribution in [3.8, 4) is 5.75 Å². The van der Waals surface area contributed by atoms with Crippen molar-refractivity contribution in [2.24, 2.45) is 0 Å². The molecule has 3 aromatic rings. The molecule has 0 aliphatic rings. The molecule has 2 N–H and O–H groups in total. The molecule has 0 radical (unpaired) electrons. The molecule has 0 saturated carbocycles. The molecule has 3 rings (SSSR count). The van der Waals surface area contributed by atoms with Crippen molar-refractivity contribution >= 4 is 17.5 Å². The molecule has 5 heteroatoms. The van der Waals surface area contributed by atoms with Gasteiger partial charge in [-0.1, -0.05) is 42.5 Å². The fourth-order valence-corrected chi connectivity index (χ4v) is 2.37. The summed E-state index contributed by atoms with van der Waals surface area (Å²) in [6.45, 7) is 2.63. The van der Waals surface area contributed by atoms with Crippen molar-refractivity contribution in [2.75, 3.05) is 17.7 Å². The molecule has 0 atom stereocenters. The van der Waals surface area contributed by atoms with Gasteiger partial charge in [-0.15, -0.1) is 0 Å². The van der Waals surface area contributed by atoms with E-state index in [1.807, 2.05) is 55.5 Å². The van der Waals surface area contributed by atoms with E-state index < -0.39 is 0 Å². The van der Waals surface area contributed by atoms with E-state index in [0.29, 0.717) is 12.5 Å². The topological polar surface area (TPSA) is 59.1 Å². The smallest absolute Gasteiger partial charge is 0.225 e. The number of para-hydroxylation sites is 2. The zero-order valence-corrected chi connectivity index (χ0v) is 13.8. The van der Waals surface area contributed by atoms with E-state index >= 15 is 0 Å². The number of aromatic nitrogens is 2. The van der Waals surface area contributed by atoms with Crippen LogP contribution in [-0.4, -0.2) is 17.1 Å². The largest absolute Gasteiger partial charge is 0.495 e. The Morgan fingerprint density at radius 1 is 0.958 bits per heavy atom. The van der Waals surface area contributed by atoms with Gasteiger partial charge in [0.1, 0.15) is 11.6 Å². The van der Waals surface area contributed by atoms with E-state index in [2.05, 4.69) is 32.7 Å². The summed E-state index contributed by atoms with van der Waals surface area (Å²) in [5.41, 5.74) is 2.94. The molecular weight excluding hydrogens is 300 g/mol. The highest BCUT2D eigenvalue weighted by molar-refractivity contribution is 5.64. The predicted molar refractivity (Wildman–Crippen MR) is 96.8 cm³/mol. The van der Waals surface area contributed by atoms with E-state index in [0.717, 1.165) is 22.9 Å². The van der Waals surface area contributed by atoms with Crippen LogP contribution in [0.1, 0.15) is 11.3 Å². The second-order valence-electron chi connectivity index (χ2n) is 5.38. The molecule has 0 saturated heterocycles. The van der Waals surface area contributed by atoms with Crippen LogP contribution < -0.4 is 15.4 Å². The van der Waals surface area contributed by atoms with Crippen molar-refractivity contribution in [1.29, 1.82) is 0 Å². The van der Waals surface area contributed by atoms with Crippen LogP contribution in [0.4, 0.5) is 17.5 Å². The summed E-state index contributed by atoms with van der Waals surface area (Å²) in [7, 11) is 1.65. The first-order valence-corrected chi connectivity index (χ1v) is 7.78. The SMILES string of the molecule is COc1ccccc1Nc1cc(C)nc(NCc2ccccc2)n1. The Balaban J connectivity index is 1.76. The van der Waals surface area contributed by atoms with Gasteiger partial charge < -0.3 is 15.4 Å². The van der Waals surface area contributed by atoms with Gasteiger partial charge in [0.25, 0.3) is 0 Å². The fraction of sp³-hybridized carbons (Fsp3) is 0.158. The second kappa shape index (κ2) is 7.46. The number of benzene rings is 2. The molecule has 0 spiro atoms. The Morgan fingerprint density at radius 2 is 1.71 bits per heavy atom. The molecule has 24 heavy (non-hydrogen) atoms. The van der Waals surface area contributed by atoms with Crippen LogP contribution in [0.25, 0.3) is 0 Å². The number of aryl methyl sites for hydroxylation is 1. The first-order valence-electron chi connectivity index (χ1n) is 7.78. The number of nitrogens with zero attached hydrogens (tertiary/aromatic N) is 2. The Labute approximate surface area is 141 Å². The van der Waals surface area contributed by atoms with Crippen LogP contribution in [-0.2, 0) is 6.54 Å². The highest BCUT2D eigenvalue weighted by Crippen LogP contribution is 2.26. The lowest BCUT2D eigenvalue weighted by molar-refractivity contribution is 0.417. The lowest BCUT2D eigenvalue weighted by Gasteiger charge is -2.12. The second-order valence-corrected chi connectivity index (χ2v) is 5.38. The van der Waals surface area contributed by atoms with Gasteiger partial charge in [-0.25, -0.2) is 4.98 Å². The summed E-state index contributed by atoms with van der Waals surface area (Å²) in [5, 5.41) is 6.55. The Morgan fingerprint density at radius 3 is 2.50 bits per heavy atom. The van der Waals surface area contributed by atoms with E-state index in [4.69, 9.17) is 4.74 Å². The molecule has 0 fully saturated rings. The lowest BCUT2D eigenvalue weighted by atomic mass is 10.2. The average molecular weight is 320 g/mol. The van der Waals surface area contributed by atoms with Crippen LogP contribution >= 0.6 is 0 Å². The van der Waals surface area contributed by atoms with E-state index in [9.17, 15) is 0 Å². The maximum atomic E-state index is 5.36. The molecule has 0 amide bonds. The van der Waals surface area contributed by atoms with E-state index in [1.54, 1.807) is 7.11 Å². The maximum absolute atomic E-state index is 5.36. The van der Waals surface area contributed by atoms with Crippen molar-refractivity contribution in [3.63, 3.8) is 0 Å². The van der Waals surface area contributed by atoms with Gasteiger partial charge in [-0.05, 0) is 24.6 Å². The van der Waals surface area contributed by atoms with Crippen molar-refractivity contribution < 1.29 is 4.74 Å². The number of nitrogens with one attached hydrogen (secondary N) is 2. The van der Waals surface area contributed by atoms with E-state index in [1.165, 1.54) is 5.56 Å². The molecule has 1 aromatic heterocycles. The zero-order valence-electron chi connectivity index (χ0n) is 13.8. The van der Waals surface area contributed by atoms with Crippen LogP contribution in [0, 0.1) is 6.92 Å². The summed E-state index contributed by atoms with van der Waals surface area (Å²) >= 11 is 0. The molecule has 0 aliphatic carbocycles. The number of anilines is 3. The molecular formula is C19H20N4O. The standard InChI is InChI=1S/C19H20N4O/c1-14-12-18(22-16-10-6-7-11-17(16)24-2)23-19(21-14)20-13-15-8-4-3-5-9-15/h3-12H,13H2,1-2H3,(H2,20,21,22,23). The Hall–Kier alpha value is -3.08. The Kier molecular flexibility index (Phi) is 4.91. The molecule has 1 heterocycles. The summed E-state index contributed by atoms with van der Waals surface area (Å²) in [6.07, 6.45) is 0. The summed E-state index contributed by atoms with van der Waals surface area (Å²) < 4.78 is 5.36. The molecule has 0 bridgehead atoms. The summed E-state index contributed by atoms with van der Waals surface area (Å²) in [4.78, 5) is 8.97. The minimum absolute atomic E-state index is 0.594. The van der Waals surface area contributed by atoms with Crippen LogP contribution in [0.2, 0.25) is 0 Å². The average Bonchev–Trinajstić information content (AvgIpc) is 2.61. The Bertz CT molecular complexity index is 805. The van der Waals surface area contributed by atoms with Gasteiger partial charge in [-0.2, -0.15) is 4.98 Å². The van der Waals surface area contributed by atoms with Crippen molar-refractivity contribution in [3.05, 3.63) is 71.9 Å². The van der Waals surface area contributed by atoms with Gasteiger partial charge in [0.05, 0.1) is 12.8 Å². The minimum Gasteiger partial charge on any atom is -0.495 e. The third-order valence-corrected chi connectivity index (χ3v) is 3.52. The molecule has 2 aromatic carbocycles. The van der Waals surface area contributed by atoms with Gasteiger partial charge in [0.15, 0.2) is 0 Å². The lowest BCUT2D eigenvalue weighted by Crippen LogP contribution is -2.06. The predicted octanol–water partition coefficient (Wildman–Crippen LogP) is 4.15. The molecule has 0 aliphatic heterocycles. The van der Waals surface area contributed by atoms with Crippen LogP contribution in [0.3, 0.4) is 0 Å². The number of methoxy groups -OCH3 is 1. The molecule has 0 unspecified atom stereocenters. The van der Waals surface area contributed by atoms with E-state index in [-0.39, 0.29) is 0 Å². The highest BCUT2D eigenvalue weighted by Gasteiger charge is 2.06. The highest BCUT2D eigenvalue weighted by atomic mass is 16.5. The molecule has 122 valence electrons. The normalized spacial score (nSPS) is 10.2. The molecule has 5 nitrogen and oxygen atoms in total. The van der Waals surface area contributed by atoms with Gasteiger partial charge in [-0.3, -0.25) is 0 Å².